The highest BCUT2D eigenvalue weighted by molar-refractivity contribution is 6.43. The molecule has 7 nitrogen and oxygen atoms in total. The number of carbonyl (C=O) groups is 2. The average molecular weight is 273 g/mol. The van der Waals surface area contributed by atoms with Crippen LogP contribution >= 0.6 is 0 Å². The van der Waals surface area contributed by atoms with Crippen LogP contribution in [0.1, 0.15) is 30.5 Å². The highest BCUT2D eigenvalue weighted by Crippen LogP contribution is 2.19. The van der Waals surface area contributed by atoms with Crippen LogP contribution in [-0.4, -0.2) is 39.6 Å². The molecule has 1 aromatic heterocycles. The summed E-state index contributed by atoms with van der Waals surface area (Å²) in [7, 11) is 1.54. The number of aryl methyl sites for hydroxylation is 2. The number of fused-ring (bicyclic) bond motifs is 1. The molecule has 0 aromatic carbocycles. The number of hydrogen-bond acceptors (Lipinski definition) is 5. The van der Waals surface area contributed by atoms with E-state index in [9.17, 15) is 9.59 Å². The molecule has 2 heterocycles. The lowest BCUT2D eigenvalue weighted by Gasteiger charge is -2.18. The van der Waals surface area contributed by atoms with Crippen molar-refractivity contribution in [2.45, 2.75) is 32.1 Å². The first-order chi connectivity index (χ1) is 9.63. The molecule has 1 N–H and O–H groups in total. The molecular formula is C13H15N5O2. The summed E-state index contributed by atoms with van der Waals surface area (Å²) < 4.78 is 0. The first kappa shape index (κ1) is 12.7. The van der Waals surface area contributed by atoms with Crippen LogP contribution in [0, 0.1) is 0 Å². The summed E-state index contributed by atoms with van der Waals surface area (Å²) in [4.78, 5) is 31.9. The maximum atomic E-state index is 12.1. The number of anilines is 1. The second-order valence-electron chi connectivity index (χ2n) is 4.94. The molecule has 0 atom stereocenters. The van der Waals surface area contributed by atoms with E-state index in [4.69, 9.17) is 0 Å². The summed E-state index contributed by atoms with van der Waals surface area (Å²) in [6.45, 7) is 0. The molecule has 0 saturated carbocycles. The van der Waals surface area contributed by atoms with Crippen molar-refractivity contribution >= 4 is 23.5 Å². The van der Waals surface area contributed by atoms with Gasteiger partial charge >= 0.3 is 0 Å². The number of nitrogens with one attached hydrogen (secondary N) is 1. The minimum atomic E-state index is -0.345. The third kappa shape index (κ3) is 2.38. The normalized spacial score (nSPS) is 17.8. The topological polar surface area (TPSA) is 87.6 Å². The van der Waals surface area contributed by atoms with Gasteiger partial charge in [0.2, 0.25) is 11.9 Å². The molecule has 104 valence electrons. The zero-order valence-corrected chi connectivity index (χ0v) is 11.2. The van der Waals surface area contributed by atoms with Gasteiger partial charge in [-0.1, -0.05) is 0 Å². The largest absolute Gasteiger partial charge is 0.289 e. The zero-order valence-electron chi connectivity index (χ0n) is 11.2. The molecular weight excluding hydrogens is 258 g/mol. The van der Waals surface area contributed by atoms with E-state index in [0.717, 1.165) is 30.5 Å². The quantitative estimate of drug-likeness (QED) is 0.850. The second kappa shape index (κ2) is 4.99. The zero-order chi connectivity index (χ0) is 14.1. The van der Waals surface area contributed by atoms with Crippen molar-refractivity contribution in [3.63, 3.8) is 0 Å². The van der Waals surface area contributed by atoms with Crippen molar-refractivity contribution < 1.29 is 9.59 Å². The Balaban J connectivity index is 1.73. The molecule has 20 heavy (non-hydrogen) atoms. The first-order valence-corrected chi connectivity index (χ1v) is 6.63. The van der Waals surface area contributed by atoms with Gasteiger partial charge in [-0.15, -0.1) is 0 Å². The van der Waals surface area contributed by atoms with Crippen LogP contribution in [0.15, 0.2) is 11.3 Å². The number of hydrazone groups is 1. The Hall–Kier alpha value is -2.31. The van der Waals surface area contributed by atoms with Crippen molar-refractivity contribution in [3.8, 4) is 0 Å². The molecule has 7 heteroatoms. The van der Waals surface area contributed by atoms with E-state index in [2.05, 4.69) is 20.4 Å². The third-order valence-electron chi connectivity index (χ3n) is 3.51. The van der Waals surface area contributed by atoms with Crippen molar-refractivity contribution in [1.29, 1.82) is 0 Å². The maximum absolute atomic E-state index is 12.1. The Bertz CT molecular complexity index is 611. The molecule has 2 aliphatic rings. The Kier molecular flexibility index (Phi) is 3.17. The third-order valence-corrected chi connectivity index (χ3v) is 3.51. The summed E-state index contributed by atoms with van der Waals surface area (Å²) in [5, 5.41) is 7.81. The summed E-state index contributed by atoms with van der Waals surface area (Å²) >= 11 is 0. The number of carbonyl (C=O) groups excluding carboxylic acids is 2. The molecule has 1 aromatic rings. The fourth-order valence-electron chi connectivity index (χ4n) is 2.38. The highest BCUT2D eigenvalue weighted by Gasteiger charge is 2.23. The van der Waals surface area contributed by atoms with Crippen LogP contribution in [0.4, 0.5) is 5.95 Å². The lowest BCUT2D eigenvalue weighted by atomic mass is 10.1. The van der Waals surface area contributed by atoms with Crippen LogP contribution in [0.3, 0.4) is 0 Å². The van der Waals surface area contributed by atoms with Gasteiger partial charge in [-0.05, 0) is 24.8 Å². The molecule has 0 spiro atoms. The van der Waals surface area contributed by atoms with E-state index in [0.29, 0.717) is 24.5 Å². The lowest BCUT2D eigenvalue weighted by molar-refractivity contribution is -0.130. The molecule has 0 unspecified atom stereocenters. The van der Waals surface area contributed by atoms with Gasteiger partial charge in [0.25, 0.3) is 5.91 Å². The Morgan fingerprint density at radius 1 is 1.30 bits per heavy atom. The van der Waals surface area contributed by atoms with Gasteiger partial charge in [-0.25, -0.2) is 15.0 Å². The summed E-state index contributed by atoms with van der Waals surface area (Å²) in [5.74, 6) is -0.129. The van der Waals surface area contributed by atoms with Gasteiger partial charge in [0.15, 0.2) is 0 Å². The number of amides is 2. The van der Waals surface area contributed by atoms with E-state index in [1.807, 2.05) is 0 Å². The Morgan fingerprint density at radius 3 is 2.95 bits per heavy atom. The average Bonchev–Trinajstić information content (AvgIpc) is 2.89. The fraction of sp³-hybridized carbons (Fsp3) is 0.462. The first-order valence-electron chi connectivity index (χ1n) is 6.63. The Morgan fingerprint density at radius 2 is 2.15 bits per heavy atom. The molecule has 0 radical (unpaired) electrons. The summed E-state index contributed by atoms with van der Waals surface area (Å²) in [6.07, 6.45) is 5.43. The van der Waals surface area contributed by atoms with Crippen LogP contribution < -0.4 is 5.32 Å². The standard InChI is InChI=1S/C13H15N5O2/c1-18-11(19)6-5-10(17-18)12(20)16-13-14-7-8-3-2-4-9(8)15-13/h7H,2-6H2,1H3,(H,14,15,16,20). The molecule has 1 aliphatic carbocycles. The van der Waals surface area contributed by atoms with E-state index in [-0.39, 0.29) is 11.8 Å². The lowest BCUT2D eigenvalue weighted by Crippen LogP contribution is -2.34. The molecule has 0 fully saturated rings. The molecule has 1 aliphatic heterocycles. The van der Waals surface area contributed by atoms with Crippen molar-refractivity contribution in [1.82, 2.24) is 15.0 Å². The Labute approximate surface area is 116 Å². The van der Waals surface area contributed by atoms with Crippen LogP contribution in [0.5, 0.6) is 0 Å². The smallest absolute Gasteiger partial charge is 0.274 e. The van der Waals surface area contributed by atoms with Crippen LogP contribution in [-0.2, 0) is 22.4 Å². The maximum Gasteiger partial charge on any atom is 0.274 e. The summed E-state index contributed by atoms with van der Waals surface area (Å²) in [5.41, 5.74) is 2.49. The number of aromatic nitrogens is 2. The van der Waals surface area contributed by atoms with E-state index in [1.54, 1.807) is 13.2 Å². The van der Waals surface area contributed by atoms with Crippen molar-refractivity contribution in [2.75, 3.05) is 12.4 Å². The number of hydrogen-bond donors (Lipinski definition) is 1. The highest BCUT2D eigenvalue weighted by atomic mass is 16.2. The monoisotopic (exact) mass is 273 g/mol. The van der Waals surface area contributed by atoms with Gasteiger partial charge in [0, 0.05) is 31.8 Å². The predicted octanol–water partition coefficient (Wildman–Crippen LogP) is 0.512. The van der Waals surface area contributed by atoms with E-state index in [1.165, 1.54) is 5.01 Å². The number of rotatable bonds is 2. The fourth-order valence-corrected chi connectivity index (χ4v) is 2.38. The van der Waals surface area contributed by atoms with Gasteiger partial charge in [-0.3, -0.25) is 14.9 Å². The minimum Gasteiger partial charge on any atom is -0.289 e. The van der Waals surface area contributed by atoms with Crippen LogP contribution in [0.2, 0.25) is 0 Å². The van der Waals surface area contributed by atoms with Gasteiger partial charge in [0.05, 0.1) is 0 Å². The molecule has 0 saturated heterocycles. The van der Waals surface area contributed by atoms with Crippen molar-refractivity contribution in [2.24, 2.45) is 5.10 Å². The number of nitrogens with zero attached hydrogens (tertiary/aromatic N) is 4. The van der Waals surface area contributed by atoms with Gasteiger partial charge in [-0.2, -0.15) is 5.10 Å². The second-order valence-corrected chi connectivity index (χ2v) is 4.94. The molecule has 2 amide bonds. The van der Waals surface area contributed by atoms with Gasteiger partial charge in [0.1, 0.15) is 5.71 Å². The SMILES string of the molecule is CN1N=C(C(=O)Nc2ncc3c(n2)CCC3)CCC1=O. The van der Waals surface area contributed by atoms with Crippen LogP contribution in [0.25, 0.3) is 0 Å². The minimum absolute atomic E-state index is 0.0877. The molecule has 0 bridgehead atoms. The van der Waals surface area contributed by atoms with E-state index >= 15 is 0 Å². The summed E-state index contributed by atoms with van der Waals surface area (Å²) in [6, 6.07) is 0. The van der Waals surface area contributed by atoms with Gasteiger partial charge < -0.3 is 0 Å². The predicted molar refractivity (Wildman–Crippen MR) is 72.1 cm³/mol. The van der Waals surface area contributed by atoms with E-state index < -0.39 is 0 Å². The van der Waals surface area contributed by atoms with Crippen molar-refractivity contribution in [3.05, 3.63) is 17.5 Å². The molecule has 3 rings (SSSR count).